The molecular weight excluding hydrogens is 228 g/mol. The number of hydrogen-bond donors (Lipinski definition) is 1. The number of anilines is 1. The first-order chi connectivity index (χ1) is 8.58. The summed E-state index contributed by atoms with van der Waals surface area (Å²) in [7, 11) is 2.09. The van der Waals surface area contributed by atoms with Gasteiger partial charge in [0.05, 0.1) is 6.42 Å². The normalized spacial score (nSPS) is 20.3. The van der Waals surface area contributed by atoms with Gasteiger partial charge in [-0.15, -0.1) is 0 Å². The van der Waals surface area contributed by atoms with E-state index in [2.05, 4.69) is 35.9 Å². The minimum atomic E-state index is -0.729. The summed E-state index contributed by atoms with van der Waals surface area (Å²) in [6, 6.07) is 8.70. The Bertz CT molecular complexity index is 434. The molecule has 0 saturated carbocycles. The van der Waals surface area contributed by atoms with Crippen LogP contribution < -0.4 is 4.90 Å². The van der Waals surface area contributed by atoms with E-state index in [1.807, 2.05) is 12.1 Å². The average molecular weight is 248 g/mol. The molecule has 0 aliphatic carbocycles. The summed E-state index contributed by atoms with van der Waals surface area (Å²) in [5.74, 6) is -0.729. The van der Waals surface area contributed by atoms with Crippen molar-refractivity contribution in [2.24, 2.45) is 0 Å². The van der Waals surface area contributed by atoms with Gasteiger partial charge in [0, 0.05) is 38.4 Å². The molecule has 1 aromatic rings. The summed E-state index contributed by atoms with van der Waals surface area (Å²) in [6.07, 6.45) is 0.205. The number of aliphatic carboxylic acids is 1. The van der Waals surface area contributed by atoms with Gasteiger partial charge in [-0.3, -0.25) is 9.69 Å². The Balaban J connectivity index is 2.17. The lowest BCUT2D eigenvalue weighted by atomic mass is 10.1. The van der Waals surface area contributed by atoms with Gasteiger partial charge in [-0.25, -0.2) is 0 Å². The van der Waals surface area contributed by atoms with E-state index in [-0.39, 0.29) is 6.42 Å². The monoisotopic (exact) mass is 248 g/mol. The number of rotatable bonds is 3. The first-order valence-electron chi connectivity index (χ1n) is 6.33. The summed E-state index contributed by atoms with van der Waals surface area (Å²) in [5.41, 5.74) is 2.52. The summed E-state index contributed by atoms with van der Waals surface area (Å²) < 4.78 is 0. The van der Waals surface area contributed by atoms with E-state index in [1.165, 1.54) is 11.3 Å². The molecule has 1 aromatic carbocycles. The Kier molecular flexibility index (Phi) is 3.87. The van der Waals surface area contributed by atoms with Crippen LogP contribution in [0.25, 0.3) is 0 Å². The summed E-state index contributed by atoms with van der Waals surface area (Å²) in [4.78, 5) is 15.2. The molecule has 0 amide bonds. The van der Waals surface area contributed by atoms with Crippen molar-refractivity contribution >= 4 is 11.7 Å². The second-order valence-corrected chi connectivity index (χ2v) is 4.97. The number of carbonyl (C=O) groups is 1. The molecule has 1 heterocycles. The van der Waals surface area contributed by atoms with Crippen molar-refractivity contribution in [3.05, 3.63) is 29.8 Å². The molecule has 0 aromatic heterocycles. The predicted octanol–water partition coefficient (Wildman–Crippen LogP) is 1.80. The fraction of sp³-hybridized carbons (Fsp3) is 0.500. The number of fused-ring (bicyclic) bond motifs is 1. The van der Waals surface area contributed by atoms with E-state index in [0.29, 0.717) is 12.6 Å². The minimum Gasteiger partial charge on any atom is -0.481 e. The maximum Gasteiger partial charge on any atom is 0.304 e. The minimum absolute atomic E-state index is 0.205. The summed E-state index contributed by atoms with van der Waals surface area (Å²) >= 11 is 0. The van der Waals surface area contributed by atoms with Crippen LogP contribution in [0.1, 0.15) is 18.9 Å². The molecule has 1 aliphatic rings. The third kappa shape index (κ3) is 2.82. The van der Waals surface area contributed by atoms with Crippen LogP contribution in [0, 0.1) is 0 Å². The molecule has 2 rings (SSSR count). The highest BCUT2D eigenvalue weighted by atomic mass is 16.4. The molecule has 4 nitrogen and oxygen atoms in total. The van der Waals surface area contributed by atoms with E-state index < -0.39 is 5.97 Å². The van der Waals surface area contributed by atoms with Crippen LogP contribution in [-0.2, 0) is 11.3 Å². The fourth-order valence-electron chi connectivity index (χ4n) is 2.54. The molecule has 4 heteroatoms. The third-order valence-corrected chi connectivity index (χ3v) is 3.55. The number of nitrogens with zero attached hydrogens (tertiary/aromatic N) is 2. The molecule has 0 radical (unpaired) electrons. The zero-order valence-electron chi connectivity index (χ0n) is 11.0. The van der Waals surface area contributed by atoms with E-state index in [1.54, 1.807) is 0 Å². The van der Waals surface area contributed by atoms with Crippen molar-refractivity contribution in [3.63, 3.8) is 0 Å². The van der Waals surface area contributed by atoms with E-state index in [0.717, 1.165) is 13.1 Å². The molecule has 0 spiro atoms. The van der Waals surface area contributed by atoms with Gasteiger partial charge in [-0.05, 0) is 18.6 Å². The number of carboxylic acid groups (broad SMARTS) is 1. The van der Waals surface area contributed by atoms with Gasteiger partial charge in [0.25, 0.3) is 0 Å². The van der Waals surface area contributed by atoms with Crippen LogP contribution in [-0.4, -0.2) is 42.2 Å². The molecule has 0 saturated heterocycles. The lowest BCUT2D eigenvalue weighted by molar-refractivity contribution is -0.137. The van der Waals surface area contributed by atoms with Crippen LogP contribution in [0.3, 0.4) is 0 Å². The summed E-state index contributed by atoms with van der Waals surface area (Å²) in [6.45, 7) is 4.52. The maximum atomic E-state index is 10.7. The Labute approximate surface area is 108 Å². The second-order valence-electron chi connectivity index (χ2n) is 4.97. The molecule has 98 valence electrons. The lowest BCUT2D eigenvalue weighted by Gasteiger charge is -2.27. The number of benzene rings is 1. The number of hydrogen-bond acceptors (Lipinski definition) is 3. The molecule has 0 fully saturated rings. The molecule has 0 bridgehead atoms. The van der Waals surface area contributed by atoms with E-state index >= 15 is 0 Å². The molecule has 1 atom stereocenters. The Morgan fingerprint density at radius 1 is 1.44 bits per heavy atom. The lowest BCUT2D eigenvalue weighted by Crippen LogP contribution is -2.39. The number of carboxylic acids is 1. The van der Waals surface area contributed by atoms with Gasteiger partial charge in [0.1, 0.15) is 0 Å². The standard InChI is InChI=1S/C14H20N2O2/c1-11-9-15(2)13-6-4-3-5-12(13)10-16(11)8-7-14(17)18/h3-6,11H,7-10H2,1-2H3,(H,17,18). The van der Waals surface area contributed by atoms with Crippen molar-refractivity contribution in [2.45, 2.75) is 25.9 Å². The molecule has 18 heavy (non-hydrogen) atoms. The first kappa shape index (κ1) is 12.9. The van der Waals surface area contributed by atoms with E-state index in [4.69, 9.17) is 5.11 Å². The predicted molar refractivity (Wildman–Crippen MR) is 71.8 cm³/mol. The number of likely N-dealkylation sites (N-methyl/N-ethyl adjacent to an activating group) is 1. The first-order valence-corrected chi connectivity index (χ1v) is 6.33. The van der Waals surface area contributed by atoms with Gasteiger partial charge in [-0.2, -0.15) is 0 Å². The summed E-state index contributed by atoms with van der Waals surface area (Å²) in [5, 5.41) is 8.81. The Hall–Kier alpha value is -1.55. The van der Waals surface area contributed by atoms with Crippen LogP contribution in [0.15, 0.2) is 24.3 Å². The third-order valence-electron chi connectivity index (χ3n) is 3.55. The topological polar surface area (TPSA) is 43.8 Å². The smallest absolute Gasteiger partial charge is 0.304 e. The van der Waals surface area contributed by atoms with Gasteiger partial charge >= 0.3 is 5.97 Å². The molecule has 1 unspecified atom stereocenters. The largest absolute Gasteiger partial charge is 0.481 e. The van der Waals surface area contributed by atoms with Crippen LogP contribution in [0.5, 0.6) is 0 Å². The van der Waals surface area contributed by atoms with E-state index in [9.17, 15) is 4.79 Å². The van der Waals surface area contributed by atoms with Crippen molar-refractivity contribution in [2.75, 3.05) is 25.0 Å². The van der Waals surface area contributed by atoms with Crippen LogP contribution in [0.4, 0.5) is 5.69 Å². The van der Waals surface area contributed by atoms with Crippen molar-refractivity contribution in [1.29, 1.82) is 0 Å². The zero-order chi connectivity index (χ0) is 13.1. The quantitative estimate of drug-likeness (QED) is 0.886. The fourth-order valence-corrected chi connectivity index (χ4v) is 2.54. The van der Waals surface area contributed by atoms with Gasteiger partial charge < -0.3 is 10.0 Å². The Morgan fingerprint density at radius 2 is 2.17 bits per heavy atom. The van der Waals surface area contributed by atoms with Crippen LogP contribution >= 0.6 is 0 Å². The van der Waals surface area contributed by atoms with Crippen molar-refractivity contribution in [1.82, 2.24) is 4.90 Å². The zero-order valence-corrected chi connectivity index (χ0v) is 11.0. The highest BCUT2D eigenvalue weighted by molar-refractivity contribution is 5.66. The van der Waals surface area contributed by atoms with Gasteiger partial charge in [0.2, 0.25) is 0 Å². The second kappa shape index (κ2) is 5.40. The number of para-hydroxylation sites is 1. The molecular formula is C14H20N2O2. The van der Waals surface area contributed by atoms with Crippen molar-refractivity contribution < 1.29 is 9.90 Å². The maximum absolute atomic E-state index is 10.7. The van der Waals surface area contributed by atoms with Crippen molar-refractivity contribution in [3.8, 4) is 0 Å². The molecule has 1 N–H and O–H groups in total. The highest BCUT2D eigenvalue weighted by Gasteiger charge is 2.23. The SMILES string of the molecule is CC1CN(C)c2ccccc2CN1CCC(=O)O. The van der Waals surface area contributed by atoms with Crippen LogP contribution in [0.2, 0.25) is 0 Å². The Morgan fingerprint density at radius 3 is 2.89 bits per heavy atom. The van der Waals surface area contributed by atoms with Gasteiger partial charge in [-0.1, -0.05) is 18.2 Å². The highest BCUT2D eigenvalue weighted by Crippen LogP contribution is 2.25. The average Bonchev–Trinajstić information content (AvgIpc) is 2.45. The molecule has 1 aliphatic heterocycles. The van der Waals surface area contributed by atoms with Gasteiger partial charge in [0.15, 0.2) is 0 Å².